The first-order valence-corrected chi connectivity index (χ1v) is 10.8. The number of aromatic nitrogens is 1. The first-order valence-electron chi connectivity index (χ1n) is 10.0. The maximum atomic E-state index is 12.9. The summed E-state index contributed by atoms with van der Waals surface area (Å²) < 4.78 is 2.10. The van der Waals surface area contributed by atoms with Gasteiger partial charge in [-0.05, 0) is 54.3 Å². The van der Waals surface area contributed by atoms with E-state index < -0.39 is 0 Å². The van der Waals surface area contributed by atoms with Crippen LogP contribution in [-0.2, 0) is 24.2 Å². The number of benzene rings is 2. The largest absolute Gasteiger partial charge is 0.335 e. The van der Waals surface area contributed by atoms with E-state index in [9.17, 15) is 4.79 Å². The summed E-state index contributed by atoms with van der Waals surface area (Å²) in [6.45, 7) is 6.31. The Morgan fingerprint density at radius 2 is 1.97 bits per heavy atom. The van der Waals surface area contributed by atoms with Gasteiger partial charge in [0, 0.05) is 29.7 Å². The first-order chi connectivity index (χ1) is 14.0. The lowest BCUT2D eigenvalue weighted by Crippen LogP contribution is -2.21. The molecule has 4 rings (SSSR count). The minimum atomic E-state index is -0.0473. The van der Waals surface area contributed by atoms with Crippen LogP contribution in [0.2, 0.25) is 10.0 Å². The summed E-state index contributed by atoms with van der Waals surface area (Å²) >= 11 is 12.9. The molecule has 1 aliphatic rings. The average Bonchev–Trinajstić information content (AvgIpc) is 2.83. The highest BCUT2D eigenvalue weighted by molar-refractivity contribution is 6.45. The molecule has 3 aromatic rings. The SMILES string of the molecule is CC(C)c1cccc(NC(=O)Cn2c3c(c4c(Cl)c(Cl)ccc42)CCNCC3)c1. The van der Waals surface area contributed by atoms with Crippen LogP contribution in [0.5, 0.6) is 0 Å². The quantitative estimate of drug-likeness (QED) is 0.582. The number of nitrogens with one attached hydrogen (secondary N) is 2. The highest BCUT2D eigenvalue weighted by atomic mass is 35.5. The summed E-state index contributed by atoms with van der Waals surface area (Å²) in [5.41, 5.74) is 5.37. The molecule has 0 fully saturated rings. The van der Waals surface area contributed by atoms with Gasteiger partial charge in [-0.15, -0.1) is 0 Å². The Morgan fingerprint density at radius 1 is 1.17 bits per heavy atom. The van der Waals surface area contributed by atoms with Crippen LogP contribution in [0.15, 0.2) is 36.4 Å². The molecule has 6 heteroatoms. The molecule has 0 aliphatic carbocycles. The van der Waals surface area contributed by atoms with Gasteiger partial charge in [-0.2, -0.15) is 0 Å². The molecule has 0 saturated heterocycles. The summed E-state index contributed by atoms with van der Waals surface area (Å²) in [7, 11) is 0. The Labute approximate surface area is 181 Å². The Bertz CT molecular complexity index is 1070. The number of halogens is 2. The lowest BCUT2D eigenvalue weighted by Gasteiger charge is -2.13. The molecule has 1 amide bonds. The number of fused-ring (bicyclic) bond motifs is 3. The third-order valence-corrected chi connectivity index (χ3v) is 6.37. The van der Waals surface area contributed by atoms with Crippen molar-refractivity contribution in [2.45, 2.75) is 39.2 Å². The van der Waals surface area contributed by atoms with Crippen LogP contribution in [0.3, 0.4) is 0 Å². The maximum absolute atomic E-state index is 12.9. The molecule has 0 saturated carbocycles. The molecule has 2 heterocycles. The second kappa shape index (κ2) is 8.39. The molecule has 0 bridgehead atoms. The Hall–Kier alpha value is -2.01. The molecule has 4 nitrogen and oxygen atoms in total. The van der Waals surface area contributed by atoms with E-state index in [4.69, 9.17) is 23.2 Å². The number of amides is 1. The molecule has 2 N–H and O–H groups in total. The van der Waals surface area contributed by atoms with E-state index in [2.05, 4.69) is 35.1 Å². The van der Waals surface area contributed by atoms with E-state index in [1.54, 1.807) is 0 Å². The molecule has 0 atom stereocenters. The molecule has 152 valence electrons. The topological polar surface area (TPSA) is 46.1 Å². The molecular weight excluding hydrogens is 405 g/mol. The Morgan fingerprint density at radius 3 is 2.76 bits per heavy atom. The van der Waals surface area contributed by atoms with Gasteiger partial charge in [0.2, 0.25) is 5.91 Å². The zero-order chi connectivity index (χ0) is 20.5. The van der Waals surface area contributed by atoms with Crippen molar-refractivity contribution in [1.82, 2.24) is 9.88 Å². The molecule has 0 radical (unpaired) electrons. The van der Waals surface area contributed by atoms with Crippen molar-refractivity contribution in [2.24, 2.45) is 0 Å². The van der Waals surface area contributed by atoms with Gasteiger partial charge in [0.15, 0.2) is 0 Å². The number of carbonyl (C=O) groups excluding carboxylic acids is 1. The van der Waals surface area contributed by atoms with Crippen LogP contribution >= 0.6 is 23.2 Å². The lowest BCUT2D eigenvalue weighted by molar-refractivity contribution is -0.116. The van der Waals surface area contributed by atoms with E-state index >= 15 is 0 Å². The van der Waals surface area contributed by atoms with E-state index in [-0.39, 0.29) is 12.5 Å². The lowest BCUT2D eigenvalue weighted by atomic mass is 10.0. The van der Waals surface area contributed by atoms with Crippen molar-refractivity contribution in [2.75, 3.05) is 18.4 Å². The second-order valence-corrected chi connectivity index (χ2v) is 8.63. The van der Waals surface area contributed by atoms with Crippen LogP contribution < -0.4 is 10.6 Å². The second-order valence-electron chi connectivity index (χ2n) is 7.85. The van der Waals surface area contributed by atoms with Crippen LogP contribution in [0.4, 0.5) is 5.69 Å². The van der Waals surface area contributed by atoms with E-state index in [1.165, 1.54) is 16.8 Å². The van der Waals surface area contributed by atoms with E-state index in [0.717, 1.165) is 42.5 Å². The maximum Gasteiger partial charge on any atom is 0.244 e. The van der Waals surface area contributed by atoms with Gasteiger partial charge >= 0.3 is 0 Å². The first kappa shape index (κ1) is 20.3. The van der Waals surface area contributed by atoms with Crippen LogP contribution in [0.1, 0.15) is 36.6 Å². The molecule has 0 unspecified atom stereocenters. The van der Waals surface area contributed by atoms with Crippen molar-refractivity contribution >= 4 is 45.7 Å². The normalized spacial score (nSPS) is 14.1. The van der Waals surface area contributed by atoms with Crippen molar-refractivity contribution in [3.8, 4) is 0 Å². The number of anilines is 1. The molecule has 0 spiro atoms. The minimum absolute atomic E-state index is 0.0473. The van der Waals surface area contributed by atoms with E-state index in [1.807, 2.05) is 30.3 Å². The number of hydrogen-bond donors (Lipinski definition) is 2. The monoisotopic (exact) mass is 429 g/mol. The molecular formula is C23H25Cl2N3O. The molecule has 1 aliphatic heterocycles. The standard InChI is InChI=1S/C23H25Cl2N3O/c1-14(2)15-4-3-5-16(12-15)27-21(29)13-28-19-9-11-26-10-8-17(19)22-20(28)7-6-18(24)23(22)25/h3-7,12,14,26H,8-11,13H2,1-2H3,(H,27,29). The van der Waals surface area contributed by atoms with Gasteiger partial charge in [-0.25, -0.2) is 0 Å². The van der Waals surface area contributed by atoms with Gasteiger partial charge in [0.05, 0.1) is 15.6 Å². The highest BCUT2D eigenvalue weighted by Gasteiger charge is 2.23. The average molecular weight is 430 g/mol. The van der Waals surface area contributed by atoms with Gasteiger partial charge in [0.25, 0.3) is 0 Å². The summed E-state index contributed by atoms with van der Waals surface area (Å²) in [5, 5.41) is 8.58. The smallest absolute Gasteiger partial charge is 0.244 e. The third kappa shape index (κ3) is 4.02. The minimum Gasteiger partial charge on any atom is -0.335 e. The van der Waals surface area contributed by atoms with Crippen LogP contribution in [-0.4, -0.2) is 23.6 Å². The predicted molar refractivity (Wildman–Crippen MR) is 121 cm³/mol. The number of rotatable bonds is 4. The van der Waals surface area contributed by atoms with E-state index in [0.29, 0.717) is 16.0 Å². The van der Waals surface area contributed by atoms with Gasteiger partial charge in [-0.1, -0.05) is 49.2 Å². The van der Waals surface area contributed by atoms with Crippen LogP contribution in [0, 0.1) is 0 Å². The summed E-state index contributed by atoms with van der Waals surface area (Å²) in [5.74, 6) is 0.365. The highest BCUT2D eigenvalue weighted by Crippen LogP contribution is 2.37. The number of nitrogens with zero attached hydrogens (tertiary/aromatic N) is 1. The number of hydrogen-bond acceptors (Lipinski definition) is 2. The summed E-state index contributed by atoms with van der Waals surface area (Å²) in [6, 6.07) is 11.8. The zero-order valence-electron chi connectivity index (χ0n) is 16.7. The molecule has 1 aromatic heterocycles. The number of carbonyl (C=O) groups is 1. The van der Waals surface area contributed by atoms with Crippen molar-refractivity contribution in [1.29, 1.82) is 0 Å². The van der Waals surface area contributed by atoms with Gasteiger partial charge < -0.3 is 15.2 Å². The summed E-state index contributed by atoms with van der Waals surface area (Å²) in [4.78, 5) is 12.9. The van der Waals surface area contributed by atoms with Gasteiger partial charge in [-0.3, -0.25) is 4.79 Å². The van der Waals surface area contributed by atoms with Gasteiger partial charge in [0.1, 0.15) is 6.54 Å². The zero-order valence-corrected chi connectivity index (χ0v) is 18.2. The van der Waals surface area contributed by atoms with Crippen LogP contribution in [0.25, 0.3) is 10.9 Å². The fraction of sp³-hybridized carbons (Fsp3) is 0.348. The molecule has 29 heavy (non-hydrogen) atoms. The van der Waals surface area contributed by atoms with Crippen molar-refractivity contribution in [3.05, 3.63) is 63.3 Å². The third-order valence-electron chi connectivity index (χ3n) is 5.57. The van der Waals surface area contributed by atoms with Crippen molar-refractivity contribution in [3.63, 3.8) is 0 Å². The summed E-state index contributed by atoms with van der Waals surface area (Å²) in [6.07, 6.45) is 1.73. The predicted octanol–water partition coefficient (Wildman–Crippen LogP) is 5.40. The fourth-order valence-electron chi connectivity index (χ4n) is 4.11. The van der Waals surface area contributed by atoms with Crippen molar-refractivity contribution < 1.29 is 4.79 Å². The Balaban J connectivity index is 1.69. The fourth-order valence-corrected chi connectivity index (χ4v) is 4.54. The molecule has 2 aromatic carbocycles. The Kier molecular flexibility index (Phi) is 5.86.